The van der Waals surface area contributed by atoms with E-state index in [0.717, 1.165) is 0 Å². The number of benzene rings is 1. The summed E-state index contributed by atoms with van der Waals surface area (Å²) in [6.07, 6.45) is 1.49. The molecule has 0 atom stereocenters. The van der Waals surface area contributed by atoms with Gasteiger partial charge in [0.2, 0.25) is 5.95 Å². The van der Waals surface area contributed by atoms with Crippen LogP contribution in [0, 0.1) is 5.82 Å². The summed E-state index contributed by atoms with van der Waals surface area (Å²) >= 11 is 3.20. The topological polar surface area (TPSA) is 75.7 Å². The van der Waals surface area contributed by atoms with Crippen LogP contribution in [0.3, 0.4) is 0 Å². The first kappa shape index (κ1) is 13.7. The zero-order valence-electron chi connectivity index (χ0n) is 11.0. The van der Waals surface area contributed by atoms with Gasteiger partial charge in [0.1, 0.15) is 5.52 Å². The molecule has 0 bridgehead atoms. The molecule has 3 aromatic rings. The van der Waals surface area contributed by atoms with E-state index in [1.807, 2.05) is 6.92 Å². The molecule has 0 aliphatic heterocycles. The van der Waals surface area contributed by atoms with Crippen LogP contribution in [0.1, 0.15) is 6.92 Å². The maximum Gasteiger partial charge on any atom is 0.250 e. The second kappa shape index (κ2) is 5.65. The Kier molecular flexibility index (Phi) is 3.70. The van der Waals surface area contributed by atoms with Crippen LogP contribution < -0.4 is 10.1 Å². The van der Waals surface area contributed by atoms with E-state index in [1.165, 1.54) is 18.5 Å². The number of ether oxygens (including phenoxy) is 1. The summed E-state index contributed by atoms with van der Waals surface area (Å²) in [5.74, 6) is 0.190. The molecular formula is C13H11BrFN5O. The van der Waals surface area contributed by atoms with Gasteiger partial charge in [-0.15, -0.1) is 0 Å². The van der Waals surface area contributed by atoms with E-state index in [4.69, 9.17) is 4.74 Å². The minimum absolute atomic E-state index is 0.0789. The van der Waals surface area contributed by atoms with Crippen molar-refractivity contribution in [2.75, 3.05) is 11.9 Å². The summed E-state index contributed by atoms with van der Waals surface area (Å²) in [4.78, 5) is 15.4. The maximum absolute atomic E-state index is 13.9. The summed E-state index contributed by atoms with van der Waals surface area (Å²) < 4.78 is 20.1. The molecule has 2 N–H and O–H groups in total. The molecule has 0 unspecified atom stereocenters. The number of hydrogen-bond acceptors (Lipinski definition) is 5. The van der Waals surface area contributed by atoms with Gasteiger partial charge in [-0.2, -0.15) is 9.97 Å². The Hall–Kier alpha value is -2.22. The molecule has 0 amide bonds. The van der Waals surface area contributed by atoms with E-state index in [-0.39, 0.29) is 11.6 Å². The molecule has 108 valence electrons. The van der Waals surface area contributed by atoms with Crippen LogP contribution >= 0.6 is 15.9 Å². The standard InChI is InChI=1S/C13H11BrFN5O/c1-2-16-13-19-11-10(17-6-18-11)12(20-13)21-9-4-3-7(14)5-8(9)15/h3-6H,2H2,1H3,(H2,16,17,18,19,20). The highest BCUT2D eigenvalue weighted by atomic mass is 79.9. The van der Waals surface area contributed by atoms with Gasteiger partial charge in [-0.25, -0.2) is 9.37 Å². The lowest BCUT2D eigenvalue weighted by Crippen LogP contribution is -2.04. The van der Waals surface area contributed by atoms with Gasteiger partial charge in [-0.05, 0) is 25.1 Å². The van der Waals surface area contributed by atoms with Crippen LogP contribution in [0.5, 0.6) is 11.6 Å². The van der Waals surface area contributed by atoms with E-state index in [1.54, 1.807) is 6.07 Å². The van der Waals surface area contributed by atoms with Crippen LogP contribution in [0.2, 0.25) is 0 Å². The van der Waals surface area contributed by atoms with Crippen LogP contribution in [0.4, 0.5) is 10.3 Å². The molecule has 1 aromatic carbocycles. The van der Waals surface area contributed by atoms with Crippen molar-refractivity contribution in [2.24, 2.45) is 0 Å². The Balaban J connectivity index is 2.04. The number of nitrogens with one attached hydrogen (secondary N) is 2. The first-order valence-corrected chi connectivity index (χ1v) is 7.04. The molecule has 8 heteroatoms. The van der Waals surface area contributed by atoms with Crippen molar-refractivity contribution in [1.29, 1.82) is 0 Å². The van der Waals surface area contributed by atoms with Crippen molar-refractivity contribution >= 4 is 33.0 Å². The Morgan fingerprint density at radius 1 is 1.38 bits per heavy atom. The van der Waals surface area contributed by atoms with Gasteiger partial charge in [0.25, 0.3) is 5.88 Å². The first-order valence-electron chi connectivity index (χ1n) is 6.25. The molecule has 0 aliphatic rings. The zero-order valence-corrected chi connectivity index (χ0v) is 12.6. The van der Waals surface area contributed by atoms with E-state index in [9.17, 15) is 4.39 Å². The van der Waals surface area contributed by atoms with E-state index in [2.05, 4.69) is 41.2 Å². The lowest BCUT2D eigenvalue weighted by atomic mass is 10.3. The number of aromatic amines is 1. The third-order valence-corrected chi connectivity index (χ3v) is 3.18. The fourth-order valence-electron chi connectivity index (χ4n) is 1.78. The average molecular weight is 352 g/mol. The number of rotatable bonds is 4. The Morgan fingerprint density at radius 2 is 2.24 bits per heavy atom. The maximum atomic E-state index is 13.9. The molecule has 0 saturated heterocycles. The molecule has 2 heterocycles. The highest BCUT2D eigenvalue weighted by Crippen LogP contribution is 2.29. The third-order valence-electron chi connectivity index (χ3n) is 2.69. The summed E-state index contributed by atoms with van der Waals surface area (Å²) in [6, 6.07) is 4.54. The predicted molar refractivity (Wildman–Crippen MR) is 80.0 cm³/mol. The minimum atomic E-state index is -0.486. The smallest absolute Gasteiger partial charge is 0.250 e. The SMILES string of the molecule is CCNc1nc(Oc2ccc(Br)cc2F)c2[nH]cnc2n1. The van der Waals surface area contributed by atoms with Gasteiger partial charge in [0.05, 0.1) is 6.33 Å². The molecule has 2 aromatic heterocycles. The molecular weight excluding hydrogens is 341 g/mol. The molecule has 0 radical (unpaired) electrons. The van der Waals surface area contributed by atoms with Crippen molar-refractivity contribution in [1.82, 2.24) is 19.9 Å². The van der Waals surface area contributed by atoms with Gasteiger partial charge in [0, 0.05) is 11.0 Å². The number of imidazole rings is 1. The van der Waals surface area contributed by atoms with E-state index >= 15 is 0 Å². The third kappa shape index (κ3) is 2.80. The van der Waals surface area contributed by atoms with Crippen LogP contribution in [0.15, 0.2) is 29.0 Å². The Bertz CT molecular complexity index is 791. The fraction of sp³-hybridized carbons (Fsp3) is 0.154. The zero-order chi connectivity index (χ0) is 14.8. The van der Waals surface area contributed by atoms with Gasteiger partial charge in [0.15, 0.2) is 17.2 Å². The number of nitrogens with zero attached hydrogens (tertiary/aromatic N) is 3. The fourth-order valence-corrected chi connectivity index (χ4v) is 2.11. The van der Waals surface area contributed by atoms with Crippen molar-refractivity contribution in [2.45, 2.75) is 6.92 Å². The molecule has 0 fully saturated rings. The number of H-pyrrole nitrogens is 1. The summed E-state index contributed by atoms with van der Waals surface area (Å²) in [5.41, 5.74) is 0.965. The number of anilines is 1. The van der Waals surface area contributed by atoms with Gasteiger partial charge >= 0.3 is 0 Å². The summed E-state index contributed by atoms with van der Waals surface area (Å²) in [6.45, 7) is 2.58. The second-order valence-corrected chi connectivity index (χ2v) is 5.08. The predicted octanol–water partition coefficient (Wildman–Crippen LogP) is 3.48. The van der Waals surface area contributed by atoms with Crippen molar-refractivity contribution in [3.8, 4) is 11.6 Å². The minimum Gasteiger partial charge on any atom is -0.434 e. The van der Waals surface area contributed by atoms with Gasteiger partial charge in [-0.3, -0.25) is 0 Å². The highest BCUT2D eigenvalue weighted by molar-refractivity contribution is 9.10. The van der Waals surface area contributed by atoms with Crippen molar-refractivity contribution < 1.29 is 9.13 Å². The normalized spacial score (nSPS) is 10.8. The monoisotopic (exact) mass is 351 g/mol. The molecule has 3 rings (SSSR count). The number of fused-ring (bicyclic) bond motifs is 1. The number of hydrogen-bond donors (Lipinski definition) is 2. The highest BCUT2D eigenvalue weighted by Gasteiger charge is 2.14. The summed E-state index contributed by atoms with van der Waals surface area (Å²) in [7, 11) is 0. The quantitative estimate of drug-likeness (QED) is 0.752. The molecule has 21 heavy (non-hydrogen) atoms. The first-order chi connectivity index (χ1) is 10.2. The van der Waals surface area contributed by atoms with Crippen molar-refractivity contribution in [3.05, 3.63) is 34.8 Å². The second-order valence-electron chi connectivity index (χ2n) is 4.16. The van der Waals surface area contributed by atoms with Crippen LogP contribution in [-0.2, 0) is 0 Å². The van der Waals surface area contributed by atoms with Crippen molar-refractivity contribution in [3.63, 3.8) is 0 Å². The van der Waals surface area contributed by atoms with Gasteiger partial charge in [-0.1, -0.05) is 15.9 Å². The molecule has 0 aliphatic carbocycles. The Labute approximate surface area is 127 Å². The lowest BCUT2D eigenvalue weighted by molar-refractivity contribution is 0.431. The summed E-state index contributed by atoms with van der Waals surface area (Å²) in [5, 5.41) is 2.98. The Morgan fingerprint density at radius 3 is 3.00 bits per heavy atom. The van der Waals surface area contributed by atoms with E-state index < -0.39 is 5.82 Å². The largest absolute Gasteiger partial charge is 0.434 e. The molecule has 6 nitrogen and oxygen atoms in total. The van der Waals surface area contributed by atoms with Gasteiger partial charge < -0.3 is 15.0 Å². The number of halogens is 2. The molecule has 0 saturated carbocycles. The van der Waals surface area contributed by atoms with E-state index in [0.29, 0.717) is 28.1 Å². The van der Waals surface area contributed by atoms with Crippen LogP contribution in [0.25, 0.3) is 11.2 Å². The lowest BCUT2D eigenvalue weighted by Gasteiger charge is -2.08. The van der Waals surface area contributed by atoms with Crippen LogP contribution in [-0.4, -0.2) is 26.5 Å². The molecule has 0 spiro atoms. The average Bonchev–Trinajstić information content (AvgIpc) is 2.91. The number of aromatic nitrogens is 4.